The van der Waals surface area contributed by atoms with Crippen LogP contribution >= 0.6 is 11.6 Å². The largest absolute Gasteiger partial charge is 0.359 e. The van der Waals surface area contributed by atoms with Crippen molar-refractivity contribution >= 4 is 11.6 Å². The third-order valence-electron chi connectivity index (χ3n) is 1.61. The highest BCUT2D eigenvalue weighted by atomic mass is 35.5. The van der Waals surface area contributed by atoms with Crippen LogP contribution in [0.5, 0.6) is 0 Å². The third-order valence-corrected chi connectivity index (χ3v) is 1.90. The number of H-pyrrole nitrogens is 1. The molecule has 0 saturated heterocycles. The summed E-state index contributed by atoms with van der Waals surface area (Å²) >= 11 is 5.77. The molecule has 5 nitrogen and oxygen atoms in total. The van der Waals surface area contributed by atoms with Gasteiger partial charge < -0.3 is 15.2 Å². The van der Waals surface area contributed by atoms with Gasteiger partial charge in [0.15, 0.2) is 10.9 Å². The maximum atomic E-state index is 5.77. The Balaban J connectivity index is 2.41. The second-order valence-corrected chi connectivity index (χ2v) is 2.81. The third kappa shape index (κ3) is 1.43. The summed E-state index contributed by atoms with van der Waals surface area (Å²) in [6.07, 6.45) is 1.49. The molecule has 0 bridgehead atoms. The summed E-state index contributed by atoms with van der Waals surface area (Å²) < 4.78 is 4.91. The molecule has 2 rings (SSSR count). The van der Waals surface area contributed by atoms with Crippen LogP contribution in [0.1, 0.15) is 5.76 Å². The molecule has 0 aromatic carbocycles. The van der Waals surface area contributed by atoms with Crippen LogP contribution in [0.3, 0.4) is 0 Å². The van der Waals surface area contributed by atoms with E-state index in [0.29, 0.717) is 28.8 Å². The molecule has 0 atom stereocenters. The first kappa shape index (κ1) is 8.28. The summed E-state index contributed by atoms with van der Waals surface area (Å²) in [6.45, 7) is 0.318. The van der Waals surface area contributed by atoms with Crippen LogP contribution in [0.2, 0.25) is 5.15 Å². The van der Waals surface area contributed by atoms with Gasteiger partial charge in [-0.3, -0.25) is 0 Å². The molecule has 2 aromatic heterocycles. The van der Waals surface area contributed by atoms with Crippen LogP contribution in [-0.2, 0) is 6.54 Å². The highest BCUT2D eigenvalue weighted by molar-refractivity contribution is 6.31. The van der Waals surface area contributed by atoms with E-state index in [0.717, 1.165) is 0 Å². The van der Waals surface area contributed by atoms with E-state index in [1.165, 1.54) is 6.33 Å². The highest BCUT2D eigenvalue weighted by Crippen LogP contribution is 2.23. The van der Waals surface area contributed by atoms with Crippen molar-refractivity contribution in [2.45, 2.75) is 6.54 Å². The van der Waals surface area contributed by atoms with Crippen molar-refractivity contribution in [3.05, 3.63) is 23.3 Å². The molecule has 6 heteroatoms. The van der Waals surface area contributed by atoms with Gasteiger partial charge >= 0.3 is 0 Å². The normalized spacial score (nSPS) is 10.6. The molecule has 68 valence electrons. The second-order valence-electron chi connectivity index (χ2n) is 2.45. The second kappa shape index (κ2) is 3.20. The summed E-state index contributed by atoms with van der Waals surface area (Å²) in [5.41, 5.74) is 6.62. The summed E-state index contributed by atoms with van der Waals surface area (Å²) in [7, 11) is 0. The van der Waals surface area contributed by atoms with Crippen LogP contribution in [0, 0.1) is 0 Å². The Kier molecular flexibility index (Phi) is 2.03. The first-order valence-electron chi connectivity index (χ1n) is 3.66. The van der Waals surface area contributed by atoms with Crippen molar-refractivity contribution in [3.8, 4) is 11.4 Å². The number of halogens is 1. The van der Waals surface area contributed by atoms with Crippen molar-refractivity contribution in [2.24, 2.45) is 5.73 Å². The van der Waals surface area contributed by atoms with Crippen molar-refractivity contribution in [2.75, 3.05) is 0 Å². The fraction of sp³-hybridized carbons (Fsp3) is 0.143. The summed E-state index contributed by atoms with van der Waals surface area (Å²) in [5, 5.41) is 4.15. The predicted molar refractivity (Wildman–Crippen MR) is 47.0 cm³/mol. The van der Waals surface area contributed by atoms with E-state index in [9.17, 15) is 0 Å². The number of aromatic nitrogens is 3. The summed E-state index contributed by atoms with van der Waals surface area (Å²) in [4.78, 5) is 6.68. The first-order chi connectivity index (χ1) is 6.31. The van der Waals surface area contributed by atoms with Crippen LogP contribution < -0.4 is 5.73 Å². The number of nitrogens with two attached hydrogens (primary N) is 1. The smallest absolute Gasteiger partial charge is 0.156 e. The topological polar surface area (TPSA) is 80.7 Å². The van der Waals surface area contributed by atoms with Crippen LogP contribution in [0.15, 0.2) is 16.9 Å². The van der Waals surface area contributed by atoms with Gasteiger partial charge in [-0.15, -0.1) is 0 Å². The average Bonchev–Trinajstić information content (AvgIpc) is 2.71. The zero-order valence-corrected chi connectivity index (χ0v) is 7.38. The van der Waals surface area contributed by atoms with Gasteiger partial charge in [-0.05, 0) is 0 Å². The standard InChI is InChI=1S/C7H7ClN4O/c8-7-6(10-3-11-7)5-1-4(2-9)13-12-5/h1,3H,2,9H2,(H,10,11). The Hall–Kier alpha value is -1.33. The maximum Gasteiger partial charge on any atom is 0.156 e. The van der Waals surface area contributed by atoms with Gasteiger partial charge in [0, 0.05) is 6.07 Å². The molecule has 0 amide bonds. The van der Waals surface area contributed by atoms with Crippen molar-refractivity contribution in [1.29, 1.82) is 0 Å². The molecule has 0 spiro atoms. The van der Waals surface area contributed by atoms with Gasteiger partial charge in [0.2, 0.25) is 0 Å². The minimum absolute atomic E-state index is 0.318. The summed E-state index contributed by atoms with van der Waals surface area (Å²) in [6, 6.07) is 1.72. The van der Waals surface area contributed by atoms with Gasteiger partial charge in [-0.25, -0.2) is 4.98 Å². The number of hydrogen-bond acceptors (Lipinski definition) is 4. The Morgan fingerprint density at radius 3 is 3.00 bits per heavy atom. The highest BCUT2D eigenvalue weighted by Gasteiger charge is 2.10. The lowest BCUT2D eigenvalue weighted by Gasteiger charge is -1.86. The molecule has 0 aliphatic carbocycles. The van der Waals surface area contributed by atoms with E-state index in [1.807, 2.05) is 0 Å². The number of rotatable bonds is 2. The van der Waals surface area contributed by atoms with Crippen LogP contribution in [0.4, 0.5) is 0 Å². The van der Waals surface area contributed by atoms with Gasteiger partial charge in [0.1, 0.15) is 11.4 Å². The molecule has 0 radical (unpaired) electrons. The summed E-state index contributed by atoms with van der Waals surface area (Å²) in [5.74, 6) is 0.612. The van der Waals surface area contributed by atoms with E-state index in [1.54, 1.807) is 6.07 Å². The molecular weight excluding hydrogens is 192 g/mol. The zero-order chi connectivity index (χ0) is 9.26. The van der Waals surface area contributed by atoms with E-state index >= 15 is 0 Å². The van der Waals surface area contributed by atoms with Gasteiger partial charge in [0.05, 0.1) is 12.9 Å². The zero-order valence-electron chi connectivity index (χ0n) is 6.62. The van der Waals surface area contributed by atoms with Crippen LogP contribution in [0.25, 0.3) is 11.4 Å². The monoisotopic (exact) mass is 198 g/mol. The van der Waals surface area contributed by atoms with Crippen molar-refractivity contribution < 1.29 is 4.52 Å². The Morgan fingerprint density at radius 2 is 2.46 bits per heavy atom. The lowest BCUT2D eigenvalue weighted by molar-refractivity contribution is 0.387. The van der Waals surface area contributed by atoms with E-state index < -0.39 is 0 Å². The Labute approximate surface area is 78.9 Å². The lowest BCUT2D eigenvalue weighted by atomic mass is 10.3. The maximum absolute atomic E-state index is 5.77. The number of hydrogen-bond donors (Lipinski definition) is 2. The SMILES string of the molecule is NCc1cc(-c2[nH]cnc2Cl)no1. The van der Waals surface area contributed by atoms with Crippen molar-refractivity contribution in [1.82, 2.24) is 15.1 Å². The number of nitrogens with one attached hydrogen (secondary N) is 1. The first-order valence-corrected chi connectivity index (χ1v) is 4.04. The van der Waals surface area contributed by atoms with E-state index in [2.05, 4.69) is 15.1 Å². The molecule has 13 heavy (non-hydrogen) atoms. The fourth-order valence-corrected chi connectivity index (χ4v) is 1.18. The molecule has 2 aromatic rings. The van der Waals surface area contributed by atoms with Gasteiger partial charge in [0.25, 0.3) is 0 Å². The number of nitrogens with zero attached hydrogens (tertiary/aromatic N) is 2. The molecule has 2 heterocycles. The number of aromatic amines is 1. The fourth-order valence-electron chi connectivity index (χ4n) is 0.984. The molecule has 0 aliphatic heterocycles. The van der Waals surface area contributed by atoms with Gasteiger partial charge in [-0.1, -0.05) is 16.8 Å². The quantitative estimate of drug-likeness (QED) is 0.759. The van der Waals surface area contributed by atoms with Crippen LogP contribution in [-0.4, -0.2) is 15.1 Å². The van der Waals surface area contributed by atoms with E-state index in [4.69, 9.17) is 21.9 Å². The molecule has 0 saturated carbocycles. The molecule has 0 unspecified atom stereocenters. The molecule has 0 aliphatic rings. The van der Waals surface area contributed by atoms with Crippen molar-refractivity contribution in [3.63, 3.8) is 0 Å². The Morgan fingerprint density at radius 1 is 1.62 bits per heavy atom. The minimum atomic E-state index is 0.318. The lowest BCUT2D eigenvalue weighted by Crippen LogP contribution is -1.92. The molecule has 0 fully saturated rings. The van der Waals surface area contributed by atoms with E-state index in [-0.39, 0.29) is 0 Å². The molecular formula is C7H7ClN4O. The van der Waals surface area contributed by atoms with Gasteiger partial charge in [-0.2, -0.15) is 0 Å². The Bertz CT molecular complexity index is 408. The predicted octanol–water partition coefficient (Wildman–Crippen LogP) is 1.18. The number of imidazole rings is 1. The molecule has 3 N–H and O–H groups in total. The average molecular weight is 199 g/mol. The minimum Gasteiger partial charge on any atom is -0.359 e.